The van der Waals surface area contributed by atoms with Gasteiger partial charge in [0.2, 0.25) is 11.8 Å². The lowest BCUT2D eigenvalue weighted by atomic mass is 9.86. The standard InChI is InChI=1S/C22H24FN3O4/c1-12(28)26-18-10-25-17(20(26)19(16(18)11-27)22(30)24(2)3)9-8-15(21(25)29)13-4-6-14(23)7-5-13/h4-9,16,18-20,27H,10-11H2,1-3H3/t16-,18-,19+,20+/m1/s1. The van der Waals surface area contributed by atoms with Gasteiger partial charge < -0.3 is 19.5 Å². The Balaban J connectivity index is 1.88. The molecule has 0 unspecified atom stereocenters. The number of pyridine rings is 1. The Morgan fingerprint density at radius 2 is 1.83 bits per heavy atom. The van der Waals surface area contributed by atoms with Gasteiger partial charge in [-0.3, -0.25) is 14.4 Å². The van der Waals surface area contributed by atoms with Gasteiger partial charge >= 0.3 is 0 Å². The highest BCUT2D eigenvalue weighted by atomic mass is 19.1. The van der Waals surface area contributed by atoms with Crippen molar-refractivity contribution >= 4 is 11.8 Å². The Bertz CT molecular complexity index is 1060. The normalized spacial score (nSPS) is 24.5. The molecule has 0 aliphatic carbocycles. The number of halogens is 1. The molecule has 1 fully saturated rings. The maximum Gasteiger partial charge on any atom is 0.258 e. The Morgan fingerprint density at radius 1 is 1.17 bits per heavy atom. The molecule has 8 heteroatoms. The molecule has 2 amide bonds. The maximum atomic E-state index is 13.3. The van der Waals surface area contributed by atoms with Crippen LogP contribution in [-0.2, 0) is 16.1 Å². The maximum absolute atomic E-state index is 13.3. The molecular formula is C22H24FN3O4. The van der Waals surface area contributed by atoms with Crippen molar-refractivity contribution in [2.45, 2.75) is 25.6 Å². The zero-order chi connectivity index (χ0) is 21.7. The van der Waals surface area contributed by atoms with E-state index in [0.717, 1.165) is 0 Å². The summed E-state index contributed by atoms with van der Waals surface area (Å²) >= 11 is 0. The van der Waals surface area contributed by atoms with Crippen LogP contribution in [-0.4, -0.2) is 58.0 Å². The molecule has 4 atom stereocenters. The number of hydrogen-bond donors (Lipinski definition) is 1. The van der Waals surface area contributed by atoms with E-state index in [-0.39, 0.29) is 36.3 Å². The van der Waals surface area contributed by atoms with Crippen molar-refractivity contribution in [1.29, 1.82) is 0 Å². The Labute approximate surface area is 173 Å². The van der Waals surface area contributed by atoms with E-state index in [1.165, 1.54) is 24.0 Å². The van der Waals surface area contributed by atoms with Gasteiger partial charge in [-0.25, -0.2) is 4.39 Å². The summed E-state index contributed by atoms with van der Waals surface area (Å²) < 4.78 is 14.9. The van der Waals surface area contributed by atoms with Crippen molar-refractivity contribution in [2.75, 3.05) is 20.7 Å². The van der Waals surface area contributed by atoms with Crippen molar-refractivity contribution in [3.05, 3.63) is 58.3 Å². The molecule has 1 N–H and O–H groups in total. The molecule has 0 spiro atoms. The smallest absolute Gasteiger partial charge is 0.258 e. The van der Waals surface area contributed by atoms with Crippen LogP contribution in [0.2, 0.25) is 0 Å². The van der Waals surface area contributed by atoms with Crippen molar-refractivity contribution in [2.24, 2.45) is 11.8 Å². The third-order valence-electron chi connectivity index (χ3n) is 6.29. The van der Waals surface area contributed by atoms with Crippen molar-refractivity contribution in [3.8, 4) is 11.1 Å². The summed E-state index contributed by atoms with van der Waals surface area (Å²) in [5.41, 5.74) is 1.34. The predicted molar refractivity (Wildman–Crippen MR) is 108 cm³/mol. The number of carbonyl (C=O) groups excluding carboxylic acids is 2. The number of carbonyl (C=O) groups is 2. The van der Waals surface area contributed by atoms with E-state index >= 15 is 0 Å². The molecule has 3 heterocycles. The molecule has 1 aromatic carbocycles. The van der Waals surface area contributed by atoms with E-state index in [1.54, 1.807) is 47.8 Å². The Hall–Kier alpha value is -3.00. The van der Waals surface area contributed by atoms with Crippen LogP contribution in [0.15, 0.2) is 41.2 Å². The molecule has 2 aromatic rings. The third kappa shape index (κ3) is 2.94. The zero-order valence-corrected chi connectivity index (χ0v) is 17.1. The molecule has 2 aliphatic heterocycles. The first-order valence-corrected chi connectivity index (χ1v) is 9.86. The van der Waals surface area contributed by atoms with Crippen LogP contribution in [0.5, 0.6) is 0 Å². The second kappa shape index (κ2) is 7.36. The topological polar surface area (TPSA) is 82.9 Å². The van der Waals surface area contributed by atoms with Gasteiger partial charge in [0, 0.05) is 51.3 Å². The van der Waals surface area contributed by atoms with Gasteiger partial charge in [0.25, 0.3) is 5.56 Å². The highest BCUT2D eigenvalue weighted by molar-refractivity contribution is 5.83. The van der Waals surface area contributed by atoms with Crippen molar-refractivity contribution in [3.63, 3.8) is 0 Å². The highest BCUT2D eigenvalue weighted by Gasteiger charge is 2.57. The third-order valence-corrected chi connectivity index (χ3v) is 6.29. The van der Waals surface area contributed by atoms with Crippen molar-refractivity contribution < 1.29 is 19.1 Å². The average molecular weight is 413 g/mol. The molecule has 158 valence electrons. The van der Waals surface area contributed by atoms with E-state index in [2.05, 4.69) is 0 Å². The first-order chi connectivity index (χ1) is 14.3. The van der Waals surface area contributed by atoms with Crippen LogP contribution >= 0.6 is 0 Å². The number of hydrogen-bond acceptors (Lipinski definition) is 4. The fourth-order valence-corrected chi connectivity index (χ4v) is 4.97. The summed E-state index contributed by atoms with van der Waals surface area (Å²) in [6, 6.07) is 8.03. The van der Waals surface area contributed by atoms with Gasteiger partial charge in [-0.15, -0.1) is 0 Å². The number of benzene rings is 1. The lowest BCUT2D eigenvalue weighted by molar-refractivity contribution is -0.137. The molecule has 0 saturated carbocycles. The van der Waals surface area contributed by atoms with E-state index in [4.69, 9.17) is 0 Å². The van der Waals surface area contributed by atoms with E-state index < -0.39 is 23.9 Å². The van der Waals surface area contributed by atoms with Gasteiger partial charge in [-0.2, -0.15) is 0 Å². The van der Waals surface area contributed by atoms with Gasteiger partial charge in [-0.05, 0) is 29.8 Å². The molecule has 30 heavy (non-hydrogen) atoms. The Morgan fingerprint density at radius 3 is 2.40 bits per heavy atom. The lowest BCUT2D eigenvalue weighted by Gasteiger charge is -2.38. The van der Waals surface area contributed by atoms with Gasteiger partial charge in [0.15, 0.2) is 0 Å². The minimum absolute atomic E-state index is 0.184. The molecule has 0 radical (unpaired) electrons. The summed E-state index contributed by atoms with van der Waals surface area (Å²) in [7, 11) is 3.28. The average Bonchev–Trinajstić information content (AvgIpc) is 2.96. The summed E-state index contributed by atoms with van der Waals surface area (Å²) in [6.07, 6.45) is 0. The van der Waals surface area contributed by atoms with Crippen LogP contribution in [0, 0.1) is 17.7 Å². The molecule has 2 bridgehead atoms. The molecule has 1 aromatic heterocycles. The molecule has 4 rings (SSSR count). The number of fused-ring (bicyclic) bond motifs is 4. The largest absolute Gasteiger partial charge is 0.396 e. The summed E-state index contributed by atoms with van der Waals surface area (Å²) in [5.74, 6) is -1.87. The minimum atomic E-state index is -0.635. The fourth-order valence-electron chi connectivity index (χ4n) is 4.97. The number of aliphatic hydroxyl groups excluding tert-OH is 1. The van der Waals surface area contributed by atoms with Crippen molar-refractivity contribution in [1.82, 2.24) is 14.4 Å². The second-order valence-electron chi connectivity index (χ2n) is 8.14. The van der Waals surface area contributed by atoms with E-state index in [9.17, 15) is 23.9 Å². The van der Waals surface area contributed by atoms with Crippen LogP contribution in [0.1, 0.15) is 18.7 Å². The minimum Gasteiger partial charge on any atom is -0.396 e. The van der Waals surface area contributed by atoms with Crippen LogP contribution in [0.3, 0.4) is 0 Å². The van der Waals surface area contributed by atoms with Gasteiger partial charge in [-0.1, -0.05) is 12.1 Å². The molecule has 2 aliphatic rings. The summed E-state index contributed by atoms with van der Waals surface area (Å²) in [5, 5.41) is 10.1. The molecule has 7 nitrogen and oxygen atoms in total. The van der Waals surface area contributed by atoms with E-state index in [1.807, 2.05) is 0 Å². The number of nitrogens with zero attached hydrogens (tertiary/aromatic N) is 3. The summed E-state index contributed by atoms with van der Waals surface area (Å²) in [4.78, 5) is 41.9. The zero-order valence-electron chi connectivity index (χ0n) is 17.1. The van der Waals surface area contributed by atoms with E-state index in [0.29, 0.717) is 16.8 Å². The number of amides is 2. The molecular weight excluding hydrogens is 389 g/mol. The number of rotatable bonds is 3. The quantitative estimate of drug-likeness (QED) is 0.821. The highest BCUT2D eigenvalue weighted by Crippen LogP contribution is 2.48. The first kappa shape index (κ1) is 20.3. The fraction of sp³-hybridized carbons (Fsp3) is 0.409. The number of aromatic nitrogens is 1. The second-order valence-corrected chi connectivity index (χ2v) is 8.14. The summed E-state index contributed by atoms with van der Waals surface area (Å²) in [6.45, 7) is 1.38. The van der Waals surface area contributed by atoms with Gasteiger partial charge in [0.05, 0.1) is 18.0 Å². The van der Waals surface area contributed by atoms with Crippen LogP contribution in [0.25, 0.3) is 11.1 Å². The monoisotopic (exact) mass is 413 g/mol. The van der Waals surface area contributed by atoms with Gasteiger partial charge in [0.1, 0.15) is 5.82 Å². The van der Waals surface area contributed by atoms with Crippen LogP contribution < -0.4 is 5.56 Å². The first-order valence-electron chi connectivity index (χ1n) is 9.86. The number of aliphatic hydroxyl groups is 1. The predicted octanol–water partition coefficient (Wildman–Crippen LogP) is 1.25. The van der Waals surface area contributed by atoms with Crippen LogP contribution in [0.4, 0.5) is 4.39 Å². The molecule has 1 saturated heterocycles. The Kier molecular flexibility index (Phi) is 4.97. The lowest BCUT2D eigenvalue weighted by Crippen LogP contribution is -2.48. The SMILES string of the molecule is CC(=O)N1[C@@H]2Cn3c(ccc(-c4ccc(F)cc4)c3=O)[C@H]1[C@@H](C(=O)N(C)C)[C@@H]2CO.